The minimum atomic E-state index is -0.685. The Bertz CT molecular complexity index is 643. The van der Waals surface area contributed by atoms with Gasteiger partial charge in [0.05, 0.1) is 11.7 Å². The first-order chi connectivity index (χ1) is 8.74. The van der Waals surface area contributed by atoms with Crippen molar-refractivity contribution >= 4 is 22.5 Å². The van der Waals surface area contributed by atoms with E-state index >= 15 is 0 Å². The van der Waals surface area contributed by atoms with Crippen molar-refractivity contribution in [2.75, 3.05) is 0 Å². The van der Waals surface area contributed by atoms with Crippen LogP contribution in [0, 0.1) is 0 Å². The van der Waals surface area contributed by atoms with E-state index in [2.05, 4.69) is 9.97 Å². The number of fused-ring (bicyclic) bond motifs is 1. The van der Waals surface area contributed by atoms with Crippen LogP contribution in [0.3, 0.4) is 0 Å². The SMILES string of the molecule is O[C@@H](c1ccc(Cl)cc1)c1cc2ccncc2[nH]1. The van der Waals surface area contributed by atoms with E-state index in [0.717, 1.165) is 22.2 Å². The fraction of sp³-hybridized carbons (Fsp3) is 0.0714. The summed E-state index contributed by atoms with van der Waals surface area (Å²) in [6, 6.07) is 11.0. The minimum Gasteiger partial charge on any atom is -0.382 e. The zero-order chi connectivity index (χ0) is 12.5. The molecule has 3 rings (SSSR count). The summed E-state index contributed by atoms with van der Waals surface area (Å²) in [6.07, 6.45) is 2.79. The van der Waals surface area contributed by atoms with Crippen molar-refractivity contribution in [3.8, 4) is 0 Å². The molecule has 0 unspecified atom stereocenters. The zero-order valence-corrected chi connectivity index (χ0v) is 10.2. The number of hydrogen-bond donors (Lipinski definition) is 2. The molecule has 0 radical (unpaired) electrons. The first-order valence-corrected chi connectivity index (χ1v) is 5.98. The van der Waals surface area contributed by atoms with Crippen molar-refractivity contribution in [1.82, 2.24) is 9.97 Å². The average Bonchev–Trinajstić information content (AvgIpc) is 2.82. The van der Waals surface area contributed by atoms with E-state index in [0.29, 0.717) is 5.02 Å². The summed E-state index contributed by atoms with van der Waals surface area (Å²) < 4.78 is 0. The summed E-state index contributed by atoms with van der Waals surface area (Å²) in [5.41, 5.74) is 2.47. The predicted octanol–water partition coefficient (Wildman–Crippen LogP) is 3.30. The van der Waals surface area contributed by atoms with E-state index in [4.69, 9.17) is 11.6 Å². The lowest BCUT2D eigenvalue weighted by Gasteiger charge is -2.08. The number of hydrogen-bond acceptors (Lipinski definition) is 2. The number of nitrogens with one attached hydrogen (secondary N) is 1. The predicted molar refractivity (Wildman–Crippen MR) is 71.6 cm³/mol. The topological polar surface area (TPSA) is 48.9 Å². The van der Waals surface area contributed by atoms with Gasteiger partial charge < -0.3 is 10.1 Å². The molecule has 0 aliphatic carbocycles. The monoisotopic (exact) mass is 258 g/mol. The summed E-state index contributed by atoms with van der Waals surface area (Å²) in [5.74, 6) is 0. The molecule has 0 saturated heterocycles. The molecular weight excluding hydrogens is 248 g/mol. The molecule has 2 aromatic heterocycles. The molecule has 0 fully saturated rings. The number of aromatic nitrogens is 2. The van der Waals surface area contributed by atoms with Crippen LogP contribution in [0.1, 0.15) is 17.4 Å². The van der Waals surface area contributed by atoms with E-state index in [-0.39, 0.29) is 0 Å². The van der Waals surface area contributed by atoms with Crippen LogP contribution in [0.25, 0.3) is 10.9 Å². The molecule has 3 nitrogen and oxygen atoms in total. The van der Waals surface area contributed by atoms with Crippen LogP contribution in [-0.2, 0) is 0 Å². The number of aliphatic hydroxyl groups is 1. The highest BCUT2D eigenvalue weighted by atomic mass is 35.5. The molecule has 0 bridgehead atoms. The van der Waals surface area contributed by atoms with Gasteiger partial charge in [-0.2, -0.15) is 0 Å². The van der Waals surface area contributed by atoms with Crippen LogP contribution < -0.4 is 0 Å². The normalized spacial score (nSPS) is 12.8. The van der Waals surface area contributed by atoms with Crippen LogP contribution in [0.2, 0.25) is 5.02 Å². The van der Waals surface area contributed by atoms with Gasteiger partial charge in [0.15, 0.2) is 0 Å². The van der Waals surface area contributed by atoms with Crippen molar-refractivity contribution in [3.05, 3.63) is 65.1 Å². The maximum atomic E-state index is 10.3. The van der Waals surface area contributed by atoms with Gasteiger partial charge in [-0.05, 0) is 29.8 Å². The zero-order valence-electron chi connectivity index (χ0n) is 9.47. The molecule has 2 N–H and O–H groups in total. The van der Waals surface area contributed by atoms with Crippen LogP contribution in [0.15, 0.2) is 48.8 Å². The smallest absolute Gasteiger partial charge is 0.119 e. The van der Waals surface area contributed by atoms with Gasteiger partial charge in [0.1, 0.15) is 6.10 Å². The second-order valence-electron chi connectivity index (χ2n) is 4.14. The van der Waals surface area contributed by atoms with Gasteiger partial charge in [-0.15, -0.1) is 0 Å². The van der Waals surface area contributed by atoms with Crippen molar-refractivity contribution < 1.29 is 5.11 Å². The lowest BCUT2D eigenvalue weighted by atomic mass is 10.1. The molecule has 1 aromatic carbocycles. The molecule has 0 aliphatic rings. The second kappa shape index (κ2) is 4.44. The Morgan fingerprint density at radius 1 is 1.17 bits per heavy atom. The Balaban J connectivity index is 2.00. The Hall–Kier alpha value is -1.84. The first kappa shape index (κ1) is 11.3. The second-order valence-corrected chi connectivity index (χ2v) is 4.58. The van der Waals surface area contributed by atoms with E-state index in [1.165, 1.54) is 0 Å². The number of aromatic amines is 1. The summed E-state index contributed by atoms with van der Waals surface area (Å²) in [5, 5.41) is 12.0. The maximum absolute atomic E-state index is 10.3. The summed E-state index contributed by atoms with van der Waals surface area (Å²) in [4.78, 5) is 7.20. The fourth-order valence-corrected chi connectivity index (χ4v) is 2.09. The lowest BCUT2D eigenvalue weighted by molar-refractivity contribution is 0.216. The number of nitrogens with zero attached hydrogens (tertiary/aromatic N) is 1. The van der Waals surface area contributed by atoms with Gasteiger partial charge in [-0.1, -0.05) is 23.7 Å². The van der Waals surface area contributed by atoms with E-state index in [9.17, 15) is 5.11 Å². The van der Waals surface area contributed by atoms with Crippen LogP contribution in [0.5, 0.6) is 0 Å². The maximum Gasteiger partial charge on any atom is 0.119 e. The number of halogens is 1. The largest absolute Gasteiger partial charge is 0.382 e. The number of H-pyrrole nitrogens is 1. The number of benzene rings is 1. The van der Waals surface area contributed by atoms with Crippen LogP contribution in [0.4, 0.5) is 0 Å². The van der Waals surface area contributed by atoms with Crippen LogP contribution >= 0.6 is 11.6 Å². The molecule has 4 heteroatoms. The fourth-order valence-electron chi connectivity index (χ4n) is 1.97. The number of rotatable bonds is 2. The van der Waals surface area contributed by atoms with Gasteiger partial charge in [-0.3, -0.25) is 4.98 Å². The molecule has 0 aliphatic heterocycles. The molecule has 3 aromatic rings. The molecule has 0 spiro atoms. The van der Waals surface area contributed by atoms with Crippen molar-refractivity contribution in [3.63, 3.8) is 0 Å². The molecule has 0 amide bonds. The van der Waals surface area contributed by atoms with Crippen molar-refractivity contribution in [2.45, 2.75) is 6.10 Å². The van der Waals surface area contributed by atoms with Gasteiger partial charge in [0.2, 0.25) is 0 Å². The van der Waals surface area contributed by atoms with Gasteiger partial charge in [0.25, 0.3) is 0 Å². The Morgan fingerprint density at radius 3 is 2.67 bits per heavy atom. The average molecular weight is 259 g/mol. The van der Waals surface area contributed by atoms with E-state index in [1.54, 1.807) is 24.5 Å². The molecule has 90 valence electrons. The highest BCUT2D eigenvalue weighted by molar-refractivity contribution is 6.30. The standard InChI is InChI=1S/C14H11ClN2O/c15-11-3-1-9(2-4-11)14(18)12-7-10-5-6-16-8-13(10)17-12/h1-8,14,17-18H/t14-/m0/s1. The lowest BCUT2D eigenvalue weighted by Crippen LogP contribution is -1.99. The number of pyridine rings is 1. The van der Waals surface area contributed by atoms with Crippen molar-refractivity contribution in [1.29, 1.82) is 0 Å². The summed E-state index contributed by atoms with van der Waals surface area (Å²) in [7, 11) is 0. The van der Waals surface area contributed by atoms with E-state index < -0.39 is 6.10 Å². The third kappa shape index (κ3) is 1.98. The molecule has 18 heavy (non-hydrogen) atoms. The quantitative estimate of drug-likeness (QED) is 0.741. The first-order valence-electron chi connectivity index (χ1n) is 5.60. The highest BCUT2D eigenvalue weighted by Crippen LogP contribution is 2.25. The highest BCUT2D eigenvalue weighted by Gasteiger charge is 2.12. The number of aliphatic hydroxyl groups excluding tert-OH is 1. The Morgan fingerprint density at radius 2 is 1.94 bits per heavy atom. The minimum absolute atomic E-state index is 0.659. The summed E-state index contributed by atoms with van der Waals surface area (Å²) >= 11 is 5.83. The van der Waals surface area contributed by atoms with Crippen LogP contribution in [-0.4, -0.2) is 15.1 Å². The summed E-state index contributed by atoms with van der Waals surface area (Å²) in [6.45, 7) is 0. The molecule has 0 saturated carbocycles. The van der Waals surface area contributed by atoms with Gasteiger partial charge in [-0.25, -0.2) is 0 Å². The van der Waals surface area contributed by atoms with E-state index in [1.807, 2.05) is 24.3 Å². The van der Waals surface area contributed by atoms with Crippen molar-refractivity contribution in [2.24, 2.45) is 0 Å². The Labute approximate surface area is 109 Å². The third-order valence-corrected chi connectivity index (χ3v) is 3.18. The molecular formula is C14H11ClN2O. The molecule has 2 heterocycles. The Kier molecular flexibility index (Phi) is 2.78. The van der Waals surface area contributed by atoms with Gasteiger partial charge >= 0.3 is 0 Å². The third-order valence-electron chi connectivity index (χ3n) is 2.93. The molecule has 1 atom stereocenters. The van der Waals surface area contributed by atoms with Gasteiger partial charge in [0, 0.05) is 22.3 Å².